The van der Waals surface area contributed by atoms with E-state index >= 15 is 0 Å². The van der Waals surface area contributed by atoms with Gasteiger partial charge in [0.1, 0.15) is 23.3 Å². The Bertz CT molecular complexity index is 928. The molecule has 1 heterocycles. The number of anilines is 1. The summed E-state index contributed by atoms with van der Waals surface area (Å²) >= 11 is 0. The molecule has 2 aromatic carbocycles. The minimum Gasteiger partial charge on any atom is -0.496 e. The van der Waals surface area contributed by atoms with Crippen LogP contribution in [0.1, 0.15) is 17.5 Å². The maximum absolute atomic E-state index is 13.2. The lowest BCUT2D eigenvalue weighted by Crippen LogP contribution is -2.39. The topological polar surface area (TPSA) is 97.0 Å². The second-order valence-electron chi connectivity index (χ2n) is 6.48. The van der Waals surface area contributed by atoms with E-state index in [2.05, 4.69) is 10.4 Å². The maximum atomic E-state index is 13.2. The zero-order chi connectivity index (χ0) is 20.3. The zero-order valence-electron chi connectivity index (χ0n) is 15.6. The van der Waals surface area contributed by atoms with E-state index in [-0.39, 0.29) is 18.7 Å². The molecule has 0 fully saturated rings. The molecule has 1 aliphatic heterocycles. The molecule has 2 aromatic rings. The Morgan fingerprint density at radius 1 is 1.29 bits per heavy atom. The molecule has 146 valence electrons. The van der Waals surface area contributed by atoms with Crippen molar-refractivity contribution in [3.63, 3.8) is 0 Å². The first-order valence-corrected chi connectivity index (χ1v) is 8.72. The average Bonchev–Trinajstić information content (AvgIpc) is 3.13. The molecule has 2 amide bonds. The number of hydrogen-bond acceptors (Lipinski definition) is 5. The SMILES string of the molecule is COc1cc(CNC(=O)C2=NN(c3ccc(F)cc3)C(C(N)=O)C2)ccc1C. The van der Waals surface area contributed by atoms with Crippen LogP contribution in [-0.2, 0) is 16.1 Å². The highest BCUT2D eigenvalue weighted by Gasteiger charge is 2.34. The third kappa shape index (κ3) is 4.11. The maximum Gasteiger partial charge on any atom is 0.267 e. The highest BCUT2D eigenvalue weighted by atomic mass is 19.1. The van der Waals surface area contributed by atoms with Crippen molar-refractivity contribution in [2.45, 2.75) is 25.9 Å². The van der Waals surface area contributed by atoms with Gasteiger partial charge in [-0.1, -0.05) is 12.1 Å². The number of hydrazone groups is 1. The van der Waals surface area contributed by atoms with Crippen LogP contribution in [0.5, 0.6) is 5.75 Å². The number of benzene rings is 2. The summed E-state index contributed by atoms with van der Waals surface area (Å²) in [6.07, 6.45) is 0.0791. The van der Waals surface area contributed by atoms with Crippen molar-refractivity contribution in [3.8, 4) is 5.75 Å². The monoisotopic (exact) mass is 384 g/mol. The largest absolute Gasteiger partial charge is 0.496 e. The van der Waals surface area contributed by atoms with E-state index in [4.69, 9.17) is 10.5 Å². The molecule has 0 saturated heterocycles. The van der Waals surface area contributed by atoms with Crippen molar-refractivity contribution in [3.05, 3.63) is 59.4 Å². The Hall–Kier alpha value is -3.42. The fourth-order valence-corrected chi connectivity index (χ4v) is 2.96. The first kappa shape index (κ1) is 19.3. The molecule has 1 atom stereocenters. The van der Waals surface area contributed by atoms with Gasteiger partial charge in [0.25, 0.3) is 5.91 Å². The van der Waals surface area contributed by atoms with Gasteiger partial charge in [-0.15, -0.1) is 0 Å². The van der Waals surface area contributed by atoms with Crippen LogP contribution in [-0.4, -0.2) is 30.7 Å². The lowest BCUT2D eigenvalue weighted by Gasteiger charge is -2.20. The number of nitrogens with two attached hydrogens (primary N) is 1. The van der Waals surface area contributed by atoms with Crippen LogP contribution < -0.4 is 20.8 Å². The predicted octanol–water partition coefficient (Wildman–Crippen LogP) is 1.88. The van der Waals surface area contributed by atoms with Crippen molar-refractivity contribution >= 4 is 23.2 Å². The van der Waals surface area contributed by atoms with Crippen LogP contribution in [0.3, 0.4) is 0 Å². The number of carbonyl (C=O) groups excluding carboxylic acids is 2. The predicted molar refractivity (Wildman–Crippen MR) is 103 cm³/mol. The molecule has 0 bridgehead atoms. The van der Waals surface area contributed by atoms with Crippen LogP contribution >= 0.6 is 0 Å². The molecule has 8 heteroatoms. The van der Waals surface area contributed by atoms with Crippen molar-refractivity contribution in [1.29, 1.82) is 0 Å². The van der Waals surface area contributed by atoms with E-state index in [0.29, 0.717) is 5.69 Å². The van der Waals surface area contributed by atoms with Crippen LogP contribution in [0.4, 0.5) is 10.1 Å². The van der Waals surface area contributed by atoms with Crippen molar-refractivity contribution in [2.75, 3.05) is 12.1 Å². The molecule has 0 aromatic heterocycles. The van der Waals surface area contributed by atoms with Crippen LogP contribution in [0.15, 0.2) is 47.6 Å². The summed E-state index contributed by atoms with van der Waals surface area (Å²) in [6, 6.07) is 10.3. The number of nitrogens with one attached hydrogen (secondary N) is 1. The first-order chi connectivity index (χ1) is 13.4. The standard InChI is InChI=1S/C20H21FN4O3/c1-12-3-4-13(9-18(12)28-2)11-23-20(27)16-10-17(19(22)26)25(24-16)15-7-5-14(21)6-8-15/h3-9,17H,10-11H2,1-2H3,(H2,22,26)(H,23,27). The minimum atomic E-state index is -0.800. The number of rotatable bonds is 6. The van der Waals surface area contributed by atoms with Crippen molar-refractivity contribution < 1.29 is 18.7 Å². The number of halogens is 1. The number of aryl methyl sites for hydroxylation is 1. The van der Waals surface area contributed by atoms with Gasteiger partial charge in [0.2, 0.25) is 5.91 Å². The summed E-state index contributed by atoms with van der Waals surface area (Å²) in [5.41, 5.74) is 7.99. The first-order valence-electron chi connectivity index (χ1n) is 8.72. The van der Waals surface area contributed by atoms with E-state index < -0.39 is 23.7 Å². The van der Waals surface area contributed by atoms with Crippen molar-refractivity contribution in [2.24, 2.45) is 10.8 Å². The van der Waals surface area contributed by atoms with E-state index in [1.165, 1.54) is 29.3 Å². The Kier molecular flexibility index (Phi) is 5.58. The molecule has 3 rings (SSSR count). The molecular weight excluding hydrogens is 363 g/mol. The van der Waals surface area contributed by atoms with Gasteiger partial charge < -0.3 is 15.8 Å². The number of nitrogens with zero attached hydrogens (tertiary/aromatic N) is 2. The van der Waals surface area contributed by atoms with E-state index in [9.17, 15) is 14.0 Å². The van der Waals surface area contributed by atoms with E-state index in [1.807, 2.05) is 25.1 Å². The summed E-state index contributed by atoms with van der Waals surface area (Å²) in [7, 11) is 1.59. The smallest absolute Gasteiger partial charge is 0.267 e. The van der Waals surface area contributed by atoms with Crippen LogP contribution in [0, 0.1) is 12.7 Å². The number of carbonyl (C=O) groups is 2. The Morgan fingerprint density at radius 3 is 2.64 bits per heavy atom. The molecule has 28 heavy (non-hydrogen) atoms. The number of amides is 2. The molecule has 0 saturated carbocycles. The molecule has 0 radical (unpaired) electrons. The van der Waals surface area contributed by atoms with Gasteiger partial charge in [-0.2, -0.15) is 5.10 Å². The summed E-state index contributed by atoms with van der Waals surface area (Å²) in [5.74, 6) is -0.676. The third-order valence-electron chi connectivity index (χ3n) is 4.52. The average molecular weight is 384 g/mol. The Morgan fingerprint density at radius 2 is 2.00 bits per heavy atom. The minimum absolute atomic E-state index is 0.0791. The molecule has 3 N–H and O–H groups in total. The highest BCUT2D eigenvalue weighted by molar-refractivity contribution is 6.40. The Balaban J connectivity index is 1.73. The Labute approximate surface area is 162 Å². The summed E-state index contributed by atoms with van der Waals surface area (Å²) in [4.78, 5) is 24.3. The summed E-state index contributed by atoms with van der Waals surface area (Å²) in [5, 5.41) is 8.38. The fourth-order valence-electron chi connectivity index (χ4n) is 2.96. The normalized spacial score (nSPS) is 15.9. The van der Waals surface area contributed by atoms with Gasteiger partial charge in [-0.25, -0.2) is 4.39 Å². The lowest BCUT2D eigenvalue weighted by atomic mass is 10.1. The fraction of sp³-hybridized carbons (Fsp3) is 0.250. The number of methoxy groups -OCH3 is 1. The molecule has 1 aliphatic rings. The highest BCUT2D eigenvalue weighted by Crippen LogP contribution is 2.25. The van der Waals surface area contributed by atoms with Crippen molar-refractivity contribution in [1.82, 2.24) is 5.32 Å². The van der Waals surface area contributed by atoms with Gasteiger partial charge in [0.05, 0.1) is 12.8 Å². The van der Waals surface area contributed by atoms with Gasteiger partial charge in [0, 0.05) is 13.0 Å². The zero-order valence-corrected chi connectivity index (χ0v) is 15.6. The number of hydrogen-bond donors (Lipinski definition) is 2. The third-order valence-corrected chi connectivity index (χ3v) is 4.52. The van der Waals surface area contributed by atoms with Crippen LogP contribution in [0.25, 0.3) is 0 Å². The second kappa shape index (κ2) is 8.08. The second-order valence-corrected chi connectivity index (χ2v) is 6.48. The van der Waals surface area contributed by atoms with Gasteiger partial charge in [-0.3, -0.25) is 14.6 Å². The number of primary amides is 1. The summed E-state index contributed by atoms with van der Waals surface area (Å²) in [6.45, 7) is 2.22. The van der Waals surface area contributed by atoms with Crippen LogP contribution in [0.2, 0.25) is 0 Å². The molecule has 7 nitrogen and oxygen atoms in total. The van der Waals surface area contributed by atoms with Gasteiger partial charge in [-0.05, 0) is 48.4 Å². The molecule has 1 unspecified atom stereocenters. The lowest BCUT2D eigenvalue weighted by molar-refractivity contribution is -0.119. The van der Waals surface area contributed by atoms with Gasteiger partial charge in [0.15, 0.2) is 0 Å². The quantitative estimate of drug-likeness (QED) is 0.795. The van der Waals surface area contributed by atoms with Gasteiger partial charge >= 0.3 is 0 Å². The summed E-state index contributed by atoms with van der Waals surface area (Å²) < 4.78 is 18.4. The number of ether oxygens (including phenoxy) is 1. The van der Waals surface area contributed by atoms with E-state index in [1.54, 1.807) is 7.11 Å². The molecule has 0 aliphatic carbocycles. The van der Waals surface area contributed by atoms with E-state index in [0.717, 1.165) is 16.9 Å². The molecular formula is C20H21FN4O3. The molecule has 0 spiro atoms.